The molecule has 0 aliphatic carbocycles. The third-order valence-corrected chi connectivity index (χ3v) is 3.45. The van der Waals surface area contributed by atoms with Crippen LogP contribution < -0.4 is 0 Å². The molecule has 1 aliphatic heterocycles. The lowest BCUT2D eigenvalue weighted by atomic mass is 10.0. The molecule has 1 saturated heterocycles. The van der Waals surface area contributed by atoms with Crippen molar-refractivity contribution in [2.75, 3.05) is 20.2 Å². The molecule has 0 saturated carbocycles. The Balaban J connectivity index is 2.34. The lowest BCUT2D eigenvalue weighted by Gasteiger charge is -2.31. The summed E-state index contributed by atoms with van der Waals surface area (Å²) >= 11 is 3.43. The van der Waals surface area contributed by atoms with Gasteiger partial charge in [0.15, 0.2) is 0 Å². The van der Waals surface area contributed by atoms with E-state index in [0.717, 1.165) is 17.6 Å². The summed E-state index contributed by atoms with van der Waals surface area (Å²) in [5, 5.41) is 0. The number of hydrogen-bond acceptors (Lipinski definition) is 2. The van der Waals surface area contributed by atoms with Gasteiger partial charge in [-0.15, -0.1) is 0 Å². The van der Waals surface area contributed by atoms with E-state index in [2.05, 4.69) is 59.1 Å². The first-order valence-corrected chi connectivity index (χ1v) is 5.53. The number of nitrogens with zero attached hydrogens (tertiary/aromatic N) is 1. The highest BCUT2D eigenvalue weighted by Gasteiger charge is 2.36. The van der Waals surface area contributed by atoms with Gasteiger partial charge in [-0.05, 0) is 31.7 Å². The van der Waals surface area contributed by atoms with Gasteiger partial charge in [-0.2, -0.15) is 0 Å². The Bertz CT molecular complexity index is 325. The first-order valence-electron chi connectivity index (χ1n) is 4.74. The Hall–Kier alpha value is -0.380. The zero-order chi connectivity index (χ0) is 10.2. The van der Waals surface area contributed by atoms with Crippen molar-refractivity contribution in [1.82, 2.24) is 4.90 Å². The van der Waals surface area contributed by atoms with Gasteiger partial charge in [-0.1, -0.05) is 28.1 Å². The maximum atomic E-state index is 5.79. The van der Waals surface area contributed by atoms with Gasteiger partial charge in [-0.25, -0.2) is 0 Å². The van der Waals surface area contributed by atoms with E-state index in [9.17, 15) is 0 Å². The largest absolute Gasteiger partial charge is 0.355 e. The first-order chi connectivity index (χ1) is 6.63. The molecule has 2 rings (SSSR count). The van der Waals surface area contributed by atoms with E-state index >= 15 is 0 Å². The maximum absolute atomic E-state index is 5.79. The van der Waals surface area contributed by atoms with Crippen LogP contribution in [0.5, 0.6) is 0 Å². The van der Waals surface area contributed by atoms with Gasteiger partial charge in [0.05, 0.1) is 6.61 Å². The minimum atomic E-state index is -0.249. The lowest BCUT2D eigenvalue weighted by molar-refractivity contribution is -0.0617. The molecule has 0 radical (unpaired) electrons. The van der Waals surface area contributed by atoms with Crippen LogP contribution in [-0.4, -0.2) is 25.1 Å². The Kier molecular flexibility index (Phi) is 2.64. The molecule has 1 fully saturated rings. The lowest BCUT2D eigenvalue weighted by Crippen LogP contribution is -2.36. The monoisotopic (exact) mass is 255 g/mol. The van der Waals surface area contributed by atoms with Crippen molar-refractivity contribution in [3.05, 3.63) is 34.3 Å². The van der Waals surface area contributed by atoms with Gasteiger partial charge >= 0.3 is 0 Å². The summed E-state index contributed by atoms with van der Waals surface area (Å²) in [5.74, 6) is 0. The average molecular weight is 256 g/mol. The Morgan fingerprint density at radius 2 is 2.00 bits per heavy atom. The summed E-state index contributed by atoms with van der Waals surface area (Å²) in [7, 11) is 2.09. The molecule has 1 atom stereocenters. The van der Waals surface area contributed by atoms with Gasteiger partial charge < -0.3 is 4.74 Å². The molecular weight excluding hydrogens is 242 g/mol. The number of likely N-dealkylation sites (N-methyl/N-ethyl adjacent to an activating group) is 1. The molecule has 1 aromatic carbocycles. The van der Waals surface area contributed by atoms with E-state index in [4.69, 9.17) is 4.74 Å². The molecule has 14 heavy (non-hydrogen) atoms. The van der Waals surface area contributed by atoms with Crippen molar-refractivity contribution in [2.45, 2.75) is 12.6 Å². The second-order valence-electron chi connectivity index (χ2n) is 3.76. The summed E-state index contributed by atoms with van der Waals surface area (Å²) in [5.41, 5.74) is 0.960. The highest BCUT2D eigenvalue weighted by atomic mass is 79.9. The molecular formula is C11H14BrNO. The number of rotatable bonds is 1. The summed E-state index contributed by atoms with van der Waals surface area (Å²) in [6.45, 7) is 3.92. The minimum Gasteiger partial charge on any atom is -0.355 e. The summed E-state index contributed by atoms with van der Waals surface area (Å²) in [6, 6.07) is 8.31. The third kappa shape index (κ3) is 1.60. The quantitative estimate of drug-likeness (QED) is 0.765. The van der Waals surface area contributed by atoms with Crippen molar-refractivity contribution in [3.8, 4) is 0 Å². The SMILES string of the molecule is CN1CCO[C@@]1(C)c1ccc(Br)cc1. The van der Waals surface area contributed by atoms with E-state index < -0.39 is 0 Å². The van der Waals surface area contributed by atoms with Crippen molar-refractivity contribution >= 4 is 15.9 Å². The summed E-state index contributed by atoms with van der Waals surface area (Å²) in [6.07, 6.45) is 0. The molecule has 0 spiro atoms. The van der Waals surface area contributed by atoms with Crippen LogP contribution in [0.1, 0.15) is 12.5 Å². The smallest absolute Gasteiger partial charge is 0.144 e. The first kappa shape index (κ1) is 10.1. The predicted molar refractivity (Wildman–Crippen MR) is 60.1 cm³/mol. The number of halogens is 1. The fourth-order valence-corrected chi connectivity index (χ4v) is 2.03. The predicted octanol–water partition coefficient (Wildman–Crippen LogP) is 2.58. The number of ether oxygens (including phenoxy) is 1. The van der Waals surface area contributed by atoms with E-state index in [1.54, 1.807) is 0 Å². The molecule has 1 heterocycles. The molecule has 76 valence electrons. The van der Waals surface area contributed by atoms with Gasteiger partial charge in [0.2, 0.25) is 0 Å². The van der Waals surface area contributed by atoms with Crippen molar-refractivity contribution in [2.24, 2.45) is 0 Å². The van der Waals surface area contributed by atoms with Gasteiger partial charge in [0, 0.05) is 11.0 Å². The Morgan fingerprint density at radius 3 is 2.50 bits per heavy atom. The molecule has 0 unspecified atom stereocenters. The van der Waals surface area contributed by atoms with Crippen LogP contribution in [0.4, 0.5) is 0 Å². The fourth-order valence-electron chi connectivity index (χ4n) is 1.77. The Labute approximate surface area is 93.0 Å². The van der Waals surface area contributed by atoms with E-state index in [0.29, 0.717) is 0 Å². The maximum Gasteiger partial charge on any atom is 0.144 e. The molecule has 0 aromatic heterocycles. The molecule has 2 nitrogen and oxygen atoms in total. The fraction of sp³-hybridized carbons (Fsp3) is 0.455. The molecule has 0 bridgehead atoms. The topological polar surface area (TPSA) is 12.5 Å². The molecule has 0 amide bonds. The van der Waals surface area contributed by atoms with Crippen LogP contribution in [0.15, 0.2) is 28.7 Å². The molecule has 0 N–H and O–H groups in total. The van der Waals surface area contributed by atoms with Crippen molar-refractivity contribution < 1.29 is 4.74 Å². The highest BCUT2D eigenvalue weighted by Crippen LogP contribution is 2.32. The van der Waals surface area contributed by atoms with Crippen molar-refractivity contribution in [1.29, 1.82) is 0 Å². The van der Waals surface area contributed by atoms with Crippen LogP contribution in [0, 0.1) is 0 Å². The summed E-state index contributed by atoms with van der Waals surface area (Å²) in [4.78, 5) is 2.23. The Morgan fingerprint density at radius 1 is 1.36 bits per heavy atom. The molecule has 1 aliphatic rings. The van der Waals surface area contributed by atoms with E-state index in [1.165, 1.54) is 5.56 Å². The van der Waals surface area contributed by atoms with E-state index in [1.807, 2.05) is 0 Å². The zero-order valence-electron chi connectivity index (χ0n) is 8.46. The van der Waals surface area contributed by atoms with Crippen molar-refractivity contribution in [3.63, 3.8) is 0 Å². The minimum absolute atomic E-state index is 0.249. The number of hydrogen-bond donors (Lipinski definition) is 0. The normalized spacial score (nSPS) is 28.2. The van der Waals surface area contributed by atoms with Gasteiger partial charge in [-0.3, -0.25) is 4.90 Å². The average Bonchev–Trinajstić information content (AvgIpc) is 2.49. The number of benzene rings is 1. The molecule has 3 heteroatoms. The van der Waals surface area contributed by atoms with Crippen LogP contribution >= 0.6 is 15.9 Å². The van der Waals surface area contributed by atoms with Gasteiger partial charge in [0.1, 0.15) is 5.72 Å². The second kappa shape index (κ2) is 3.65. The standard InChI is InChI=1S/C11H14BrNO/c1-11(13(2)7-8-14-11)9-3-5-10(12)6-4-9/h3-6H,7-8H2,1-2H3/t11-/m0/s1. The zero-order valence-corrected chi connectivity index (χ0v) is 10.0. The van der Waals surface area contributed by atoms with Crippen LogP contribution in [0.3, 0.4) is 0 Å². The van der Waals surface area contributed by atoms with Gasteiger partial charge in [0.25, 0.3) is 0 Å². The second-order valence-corrected chi connectivity index (χ2v) is 4.68. The summed E-state index contributed by atoms with van der Waals surface area (Å²) < 4.78 is 6.89. The molecule has 1 aromatic rings. The third-order valence-electron chi connectivity index (χ3n) is 2.92. The van der Waals surface area contributed by atoms with E-state index in [-0.39, 0.29) is 5.72 Å². The van der Waals surface area contributed by atoms with Crippen LogP contribution in [-0.2, 0) is 10.5 Å². The van der Waals surface area contributed by atoms with Crippen LogP contribution in [0.2, 0.25) is 0 Å². The van der Waals surface area contributed by atoms with Crippen LogP contribution in [0.25, 0.3) is 0 Å². The highest BCUT2D eigenvalue weighted by molar-refractivity contribution is 9.10.